The number of nitrogens with zero attached hydrogens (tertiary/aromatic N) is 2. The third-order valence-electron chi connectivity index (χ3n) is 7.75. The number of pyridine rings is 2. The average Bonchev–Trinajstić information content (AvgIpc) is 2.98. The lowest BCUT2D eigenvalue weighted by Crippen LogP contribution is -2.13. The molecule has 2 heterocycles. The second kappa shape index (κ2) is 8.29. The van der Waals surface area contributed by atoms with Crippen LogP contribution in [0, 0.1) is 0 Å². The average molecular weight is 493 g/mol. The Hall–Kier alpha value is -4.96. The molecule has 0 unspecified atom stereocenters. The lowest BCUT2D eigenvalue weighted by molar-refractivity contribution is 0.994. The summed E-state index contributed by atoms with van der Waals surface area (Å²) >= 11 is 0. The molecule has 182 valence electrons. The van der Waals surface area contributed by atoms with Crippen LogP contribution in [0.2, 0.25) is 0 Å². The third-order valence-corrected chi connectivity index (χ3v) is 7.75. The van der Waals surface area contributed by atoms with Crippen LogP contribution in [0.5, 0.6) is 0 Å². The zero-order chi connectivity index (χ0) is 26.0. The van der Waals surface area contributed by atoms with Gasteiger partial charge in [0.1, 0.15) is 0 Å². The lowest BCUT2D eigenvalue weighted by Gasteiger charge is -2.15. The summed E-state index contributed by atoms with van der Waals surface area (Å²) in [5.41, 5.74) is 7.26. The second-order valence-electron chi connectivity index (χ2n) is 9.86. The van der Waals surface area contributed by atoms with E-state index in [1.165, 1.54) is 0 Å². The van der Waals surface area contributed by atoms with Crippen molar-refractivity contribution in [1.82, 2.24) is 9.13 Å². The molecule has 0 aliphatic carbocycles. The molecular formula is C34H24N2O2. The molecule has 0 fully saturated rings. The van der Waals surface area contributed by atoms with E-state index in [1.54, 1.807) is 0 Å². The van der Waals surface area contributed by atoms with Gasteiger partial charge in [-0.05, 0) is 58.7 Å². The Morgan fingerprint density at radius 2 is 0.763 bits per heavy atom. The standard InChI is InChI=1S/C34H24N2O2/c1-35-29-15-13-23(21-9-5-3-6-10-21)17-25(29)33(37)27-20-32-28(19-31(27)35)34(38)26-18-24(14-16-30(26)36(32)2)22-11-7-4-8-12-22/h3-20H,1-2H3. The van der Waals surface area contributed by atoms with E-state index in [4.69, 9.17) is 0 Å². The van der Waals surface area contributed by atoms with Crippen LogP contribution >= 0.6 is 0 Å². The first-order valence-electron chi connectivity index (χ1n) is 12.6. The van der Waals surface area contributed by atoms with Gasteiger partial charge in [-0.25, -0.2) is 0 Å². The Morgan fingerprint density at radius 1 is 0.395 bits per heavy atom. The molecule has 0 saturated heterocycles. The molecule has 0 amide bonds. The fourth-order valence-corrected chi connectivity index (χ4v) is 5.69. The van der Waals surface area contributed by atoms with Crippen LogP contribution in [-0.4, -0.2) is 9.13 Å². The maximum Gasteiger partial charge on any atom is 0.197 e. The molecule has 7 aromatic rings. The number of hydrogen-bond acceptors (Lipinski definition) is 2. The zero-order valence-electron chi connectivity index (χ0n) is 21.1. The van der Waals surface area contributed by atoms with Crippen LogP contribution < -0.4 is 10.9 Å². The molecule has 4 nitrogen and oxygen atoms in total. The molecule has 7 rings (SSSR count). The molecule has 2 aromatic heterocycles. The van der Waals surface area contributed by atoms with Crippen molar-refractivity contribution in [2.24, 2.45) is 14.1 Å². The minimum atomic E-state index is -0.0280. The highest BCUT2D eigenvalue weighted by atomic mass is 16.1. The molecule has 38 heavy (non-hydrogen) atoms. The topological polar surface area (TPSA) is 44.0 Å². The van der Waals surface area contributed by atoms with E-state index in [9.17, 15) is 9.59 Å². The fraction of sp³-hybridized carbons (Fsp3) is 0.0588. The molecule has 0 N–H and O–H groups in total. The van der Waals surface area contributed by atoms with Crippen molar-refractivity contribution in [3.63, 3.8) is 0 Å². The van der Waals surface area contributed by atoms with Gasteiger partial charge in [0, 0.05) is 35.6 Å². The predicted octanol–water partition coefficient (Wildman–Crippen LogP) is 7.03. The summed E-state index contributed by atoms with van der Waals surface area (Å²) in [5.74, 6) is 0. The normalized spacial score (nSPS) is 11.6. The summed E-state index contributed by atoms with van der Waals surface area (Å²) in [6.45, 7) is 0. The van der Waals surface area contributed by atoms with Crippen molar-refractivity contribution in [1.29, 1.82) is 0 Å². The van der Waals surface area contributed by atoms with Gasteiger partial charge >= 0.3 is 0 Å². The summed E-state index contributed by atoms with van der Waals surface area (Å²) < 4.78 is 4.04. The number of aryl methyl sites for hydroxylation is 2. The summed E-state index contributed by atoms with van der Waals surface area (Å²) in [5, 5.41) is 2.54. The van der Waals surface area contributed by atoms with E-state index >= 15 is 0 Å². The van der Waals surface area contributed by atoms with Gasteiger partial charge in [0.05, 0.1) is 22.1 Å². The van der Waals surface area contributed by atoms with E-state index in [1.807, 2.05) is 132 Å². The highest BCUT2D eigenvalue weighted by Crippen LogP contribution is 2.29. The monoisotopic (exact) mass is 492 g/mol. The number of aromatic nitrogens is 2. The smallest absolute Gasteiger partial charge is 0.197 e. The third kappa shape index (κ3) is 3.24. The molecular weight excluding hydrogens is 468 g/mol. The van der Waals surface area contributed by atoms with Crippen molar-refractivity contribution in [3.05, 3.63) is 130 Å². The van der Waals surface area contributed by atoms with Crippen molar-refractivity contribution in [3.8, 4) is 22.3 Å². The van der Waals surface area contributed by atoms with E-state index in [2.05, 4.69) is 0 Å². The Balaban J connectivity index is 1.53. The van der Waals surface area contributed by atoms with Crippen LogP contribution in [0.1, 0.15) is 0 Å². The zero-order valence-corrected chi connectivity index (χ0v) is 21.1. The number of rotatable bonds is 2. The van der Waals surface area contributed by atoms with Crippen LogP contribution in [-0.2, 0) is 14.1 Å². The van der Waals surface area contributed by atoms with Gasteiger partial charge < -0.3 is 9.13 Å². The van der Waals surface area contributed by atoms with Crippen molar-refractivity contribution < 1.29 is 0 Å². The van der Waals surface area contributed by atoms with Gasteiger partial charge in [-0.15, -0.1) is 0 Å². The molecule has 0 atom stereocenters. The number of fused-ring (bicyclic) bond motifs is 4. The first-order valence-corrected chi connectivity index (χ1v) is 12.6. The second-order valence-corrected chi connectivity index (χ2v) is 9.86. The van der Waals surface area contributed by atoms with E-state index in [-0.39, 0.29) is 10.9 Å². The maximum absolute atomic E-state index is 13.8. The lowest BCUT2D eigenvalue weighted by atomic mass is 9.99. The fourth-order valence-electron chi connectivity index (χ4n) is 5.69. The van der Waals surface area contributed by atoms with Gasteiger partial charge in [-0.2, -0.15) is 0 Å². The van der Waals surface area contributed by atoms with Crippen LogP contribution in [0.25, 0.3) is 65.9 Å². The molecule has 0 bridgehead atoms. The molecule has 5 aromatic carbocycles. The largest absolute Gasteiger partial charge is 0.343 e. The first-order chi connectivity index (χ1) is 18.5. The summed E-state index contributed by atoms with van der Waals surface area (Å²) in [4.78, 5) is 27.7. The van der Waals surface area contributed by atoms with Gasteiger partial charge in [-0.1, -0.05) is 72.8 Å². The quantitative estimate of drug-likeness (QED) is 0.243. The molecule has 0 aliphatic rings. The van der Waals surface area contributed by atoms with Crippen molar-refractivity contribution in [2.75, 3.05) is 0 Å². The predicted molar refractivity (Wildman–Crippen MR) is 158 cm³/mol. The van der Waals surface area contributed by atoms with Crippen molar-refractivity contribution in [2.45, 2.75) is 0 Å². The Bertz CT molecular complexity index is 2020. The van der Waals surface area contributed by atoms with Crippen LogP contribution in [0.3, 0.4) is 0 Å². The Morgan fingerprint density at radius 3 is 1.16 bits per heavy atom. The van der Waals surface area contributed by atoms with Gasteiger partial charge in [-0.3, -0.25) is 9.59 Å². The van der Waals surface area contributed by atoms with E-state index in [0.717, 1.165) is 44.3 Å². The van der Waals surface area contributed by atoms with Gasteiger partial charge in [0.2, 0.25) is 0 Å². The SMILES string of the molecule is Cn1c2ccc(-c3ccccc3)cc2c(=O)c2cc3c(cc21)c(=O)c1cc(-c2ccccc2)ccc1n3C. The summed E-state index contributed by atoms with van der Waals surface area (Å²) in [7, 11) is 3.91. The highest BCUT2D eigenvalue weighted by molar-refractivity contribution is 6.04. The summed E-state index contributed by atoms with van der Waals surface area (Å²) in [6.07, 6.45) is 0. The minimum absolute atomic E-state index is 0.0280. The van der Waals surface area contributed by atoms with Gasteiger partial charge in [0.25, 0.3) is 0 Å². The summed E-state index contributed by atoms with van der Waals surface area (Å²) in [6, 6.07) is 35.9. The minimum Gasteiger partial charge on any atom is -0.343 e. The van der Waals surface area contributed by atoms with Crippen LogP contribution in [0.15, 0.2) is 119 Å². The Kier molecular flexibility index (Phi) is 4.85. The molecule has 0 aliphatic heterocycles. The molecule has 0 spiro atoms. The number of hydrogen-bond donors (Lipinski definition) is 0. The van der Waals surface area contributed by atoms with E-state index < -0.39 is 0 Å². The highest BCUT2D eigenvalue weighted by Gasteiger charge is 2.16. The van der Waals surface area contributed by atoms with Gasteiger partial charge in [0.15, 0.2) is 10.9 Å². The molecule has 4 heteroatoms. The molecule has 0 saturated carbocycles. The number of benzene rings is 5. The van der Waals surface area contributed by atoms with E-state index in [0.29, 0.717) is 21.5 Å². The van der Waals surface area contributed by atoms with Crippen molar-refractivity contribution >= 4 is 43.6 Å². The first kappa shape index (κ1) is 22.3. The maximum atomic E-state index is 13.8. The van der Waals surface area contributed by atoms with Crippen LogP contribution in [0.4, 0.5) is 0 Å². The Labute approximate surface area is 218 Å². The molecule has 0 radical (unpaired) electrons.